The summed E-state index contributed by atoms with van der Waals surface area (Å²) in [5.74, 6) is -0.463. The lowest BCUT2D eigenvalue weighted by atomic mass is 10.0. The van der Waals surface area contributed by atoms with Crippen LogP contribution >= 0.6 is 0 Å². The summed E-state index contributed by atoms with van der Waals surface area (Å²) < 4.78 is 18.5. The maximum atomic E-state index is 13.5. The molecule has 4 heteroatoms. The summed E-state index contributed by atoms with van der Waals surface area (Å²) in [5, 5.41) is 4.42. The number of carbonyl (C=O) groups is 1. The first-order chi connectivity index (χ1) is 8.81. The van der Waals surface area contributed by atoms with Gasteiger partial charge in [0.05, 0.1) is 5.39 Å². The predicted octanol–water partition coefficient (Wildman–Crippen LogP) is 3.45. The van der Waals surface area contributed by atoms with Crippen LogP contribution in [0.25, 0.3) is 22.2 Å². The fraction of sp³-hybridized carbons (Fsp3) is 0. The van der Waals surface area contributed by atoms with Crippen LogP contribution in [-0.2, 0) is 0 Å². The van der Waals surface area contributed by atoms with E-state index < -0.39 is 5.82 Å². The number of fused-ring (bicyclic) bond motifs is 1. The van der Waals surface area contributed by atoms with Crippen molar-refractivity contribution in [3.63, 3.8) is 0 Å². The molecule has 1 heterocycles. The first kappa shape index (κ1) is 10.7. The summed E-state index contributed by atoms with van der Waals surface area (Å²) in [6, 6.07) is 11.6. The zero-order valence-corrected chi connectivity index (χ0v) is 9.26. The van der Waals surface area contributed by atoms with Crippen LogP contribution < -0.4 is 0 Å². The Kier molecular flexibility index (Phi) is 2.41. The van der Waals surface area contributed by atoms with Crippen molar-refractivity contribution in [1.29, 1.82) is 0 Å². The second kappa shape index (κ2) is 4.07. The van der Waals surface area contributed by atoms with Gasteiger partial charge < -0.3 is 4.52 Å². The number of aldehydes is 1. The Morgan fingerprint density at radius 1 is 1.11 bits per heavy atom. The van der Waals surface area contributed by atoms with Crippen LogP contribution in [0.5, 0.6) is 0 Å². The Morgan fingerprint density at radius 3 is 2.78 bits per heavy atom. The van der Waals surface area contributed by atoms with Crippen molar-refractivity contribution in [1.82, 2.24) is 5.16 Å². The molecule has 0 aliphatic carbocycles. The zero-order chi connectivity index (χ0) is 12.5. The molecule has 0 amide bonds. The maximum Gasteiger partial charge on any atom is 0.203 e. The number of para-hydroxylation sites is 1. The summed E-state index contributed by atoms with van der Waals surface area (Å²) in [5.41, 5.74) is 1.72. The van der Waals surface area contributed by atoms with E-state index in [2.05, 4.69) is 5.16 Å². The fourth-order valence-corrected chi connectivity index (χ4v) is 1.94. The molecule has 1 aromatic heterocycles. The minimum atomic E-state index is -0.463. The highest BCUT2D eigenvalue weighted by molar-refractivity contribution is 5.97. The minimum absolute atomic E-state index is 0.105. The molecule has 88 valence electrons. The molecule has 0 saturated heterocycles. The molecule has 2 aromatic carbocycles. The van der Waals surface area contributed by atoms with E-state index in [1.165, 1.54) is 6.07 Å². The zero-order valence-electron chi connectivity index (χ0n) is 9.26. The molecule has 18 heavy (non-hydrogen) atoms. The lowest BCUT2D eigenvalue weighted by Crippen LogP contribution is -1.87. The van der Waals surface area contributed by atoms with Gasteiger partial charge >= 0.3 is 0 Å². The van der Waals surface area contributed by atoms with Gasteiger partial charge in [0.25, 0.3) is 0 Å². The number of hydrogen-bond donors (Lipinski definition) is 0. The van der Waals surface area contributed by atoms with Gasteiger partial charge in [-0.05, 0) is 12.1 Å². The lowest BCUT2D eigenvalue weighted by molar-refractivity contribution is 0.112. The quantitative estimate of drug-likeness (QED) is 0.645. The van der Waals surface area contributed by atoms with Crippen molar-refractivity contribution < 1.29 is 13.7 Å². The molecule has 3 rings (SSSR count). The second-order valence-corrected chi connectivity index (χ2v) is 3.85. The minimum Gasteiger partial charge on any atom is -0.352 e. The highest BCUT2D eigenvalue weighted by Gasteiger charge is 2.15. The van der Waals surface area contributed by atoms with Crippen LogP contribution in [0.4, 0.5) is 4.39 Å². The Labute approximate surface area is 102 Å². The van der Waals surface area contributed by atoms with E-state index in [1.807, 2.05) is 0 Å². The van der Waals surface area contributed by atoms with E-state index in [0.29, 0.717) is 22.2 Å². The third kappa shape index (κ3) is 1.50. The highest BCUT2D eigenvalue weighted by atomic mass is 19.1. The van der Waals surface area contributed by atoms with Crippen molar-refractivity contribution in [3.05, 3.63) is 53.8 Å². The van der Waals surface area contributed by atoms with E-state index in [0.717, 1.165) is 6.29 Å². The summed E-state index contributed by atoms with van der Waals surface area (Å²) in [6.07, 6.45) is 0.745. The van der Waals surface area contributed by atoms with Crippen LogP contribution in [0.1, 0.15) is 10.4 Å². The standard InChI is InChI=1S/C14H8FNO2/c15-12-7-3-6-11-13(16-18-14(11)12)10-5-2-1-4-9(10)8-17/h1-8H. The molecule has 0 N–H and O–H groups in total. The second-order valence-electron chi connectivity index (χ2n) is 3.85. The molecule has 0 fully saturated rings. The van der Waals surface area contributed by atoms with Gasteiger partial charge in [0.1, 0.15) is 5.69 Å². The molecule has 3 nitrogen and oxygen atoms in total. The molecular formula is C14H8FNO2. The number of benzene rings is 2. The number of rotatable bonds is 2. The van der Waals surface area contributed by atoms with Crippen LogP contribution in [0.15, 0.2) is 47.0 Å². The molecule has 0 aliphatic rings. The van der Waals surface area contributed by atoms with E-state index in [9.17, 15) is 9.18 Å². The molecule has 0 unspecified atom stereocenters. The topological polar surface area (TPSA) is 43.1 Å². The average Bonchev–Trinajstić information content (AvgIpc) is 2.84. The van der Waals surface area contributed by atoms with Gasteiger partial charge in [0, 0.05) is 11.1 Å². The Bertz CT molecular complexity index is 733. The van der Waals surface area contributed by atoms with Crippen molar-refractivity contribution in [3.8, 4) is 11.3 Å². The van der Waals surface area contributed by atoms with Gasteiger partial charge in [-0.15, -0.1) is 0 Å². The molecule has 0 aliphatic heterocycles. The number of nitrogens with zero attached hydrogens (tertiary/aromatic N) is 1. The van der Waals surface area contributed by atoms with Gasteiger partial charge in [0.15, 0.2) is 12.1 Å². The van der Waals surface area contributed by atoms with Crippen LogP contribution in [0, 0.1) is 5.82 Å². The van der Waals surface area contributed by atoms with Gasteiger partial charge in [-0.1, -0.05) is 35.5 Å². The van der Waals surface area contributed by atoms with E-state index in [1.54, 1.807) is 36.4 Å². The number of hydrogen-bond acceptors (Lipinski definition) is 3. The Morgan fingerprint density at radius 2 is 1.94 bits per heavy atom. The third-order valence-electron chi connectivity index (χ3n) is 2.79. The molecule has 0 spiro atoms. The van der Waals surface area contributed by atoms with Gasteiger partial charge in [-0.2, -0.15) is 0 Å². The third-order valence-corrected chi connectivity index (χ3v) is 2.79. The SMILES string of the molecule is O=Cc1ccccc1-c1noc2c(F)cccc12. The number of halogens is 1. The first-order valence-corrected chi connectivity index (χ1v) is 5.40. The summed E-state index contributed by atoms with van der Waals surface area (Å²) in [6.45, 7) is 0. The average molecular weight is 241 g/mol. The molecular weight excluding hydrogens is 233 g/mol. The van der Waals surface area contributed by atoms with Crippen molar-refractivity contribution in [2.45, 2.75) is 0 Å². The largest absolute Gasteiger partial charge is 0.352 e. The number of aromatic nitrogens is 1. The molecule has 0 bridgehead atoms. The van der Waals surface area contributed by atoms with Gasteiger partial charge in [0.2, 0.25) is 5.58 Å². The smallest absolute Gasteiger partial charge is 0.203 e. The van der Waals surface area contributed by atoms with Crippen LogP contribution in [0.3, 0.4) is 0 Å². The molecule has 0 atom stereocenters. The van der Waals surface area contributed by atoms with Crippen LogP contribution in [-0.4, -0.2) is 11.4 Å². The van der Waals surface area contributed by atoms with Crippen molar-refractivity contribution >= 4 is 17.3 Å². The Hall–Kier alpha value is -2.49. The predicted molar refractivity (Wildman–Crippen MR) is 64.8 cm³/mol. The van der Waals surface area contributed by atoms with Crippen LogP contribution in [0.2, 0.25) is 0 Å². The number of carbonyl (C=O) groups excluding carboxylic acids is 1. The fourth-order valence-electron chi connectivity index (χ4n) is 1.94. The molecule has 0 radical (unpaired) electrons. The van der Waals surface area contributed by atoms with Gasteiger partial charge in [-0.25, -0.2) is 4.39 Å². The monoisotopic (exact) mass is 241 g/mol. The summed E-state index contributed by atoms with van der Waals surface area (Å²) in [7, 11) is 0. The molecule has 0 saturated carbocycles. The normalized spacial score (nSPS) is 10.7. The highest BCUT2D eigenvalue weighted by Crippen LogP contribution is 2.30. The van der Waals surface area contributed by atoms with E-state index in [4.69, 9.17) is 4.52 Å². The maximum absolute atomic E-state index is 13.5. The van der Waals surface area contributed by atoms with Crippen molar-refractivity contribution in [2.24, 2.45) is 0 Å². The molecule has 3 aromatic rings. The first-order valence-electron chi connectivity index (χ1n) is 5.40. The van der Waals surface area contributed by atoms with E-state index >= 15 is 0 Å². The van der Waals surface area contributed by atoms with E-state index in [-0.39, 0.29) is 5.58 Å². The summed E-state index contributed by atoms with van der Waals surface area (Å²) >= 11 is 0. The van der Waals surface area contributed by atoms with Crippen molar-refractivity contribution in [2.75, 3.05) is 0 Å². The summed E-state index contributed by atoms with van der Waals surface area (Å²) in [4.78, 5) is 11.0. The van der Waals surface area contributed by atoms with Gasteiger partial charge in [-0.3, -0.25) is 4.79 Å². The Balaban J connectivity index is 2.32. The lowest BCUT2D eigenvalue weighted by Gasteiger charge is -2.00.